The number of ether oxygens (including phenoxy) is 1. The molecule has 0 radical (unpaired) electrons. The number of phenolic OH excluding ortho intramolecular Hbond substituents is 2. The third kappa shape index (κ3) is 4.90. The van der Waals surface area contributed by atoms with Crippen LogP contribution in [0.4, 0.5) is 5.95 Å². The summed E-state index contributed by atoms with van der Waals surface area (Å²) in [7, 11) is -3.66. The van der Waals surface area contributed by atoms with Crippen LogP contribution in [0.15, 0.2) is 52.3 Å². The number of anilines is 1. The molecule has 2 heterocycles. The number of aromatic nitrogens is 3. The van der Waals surface area contributed by atoms with E-state index in [1.54, 1.807) is 5.41 Å². The lowest BCUT2D eigenvalue weighted by Crippen LogP contribution is -2.27. The van der Waals surface area contributed by atoms with Crippen LogP contribution in [0, 0.1) is 0 Å². The van der Waals surface area contributed by atoms with Crippen LogP contribution in [0.25, 0.3) is 11.4 Å². The number of sulfonamides is 1. The lowest BCUT2D eigenvalue weighted by atomic mass is 10.2. The maximum Gasteiger partial charge on any atom is 0.250 e. The van der Waals surface area contributed by atoms with Gasteiger partial charge in [-0.1, -0.05) is 11.8 Å². The summed E-state index contributed by atoms with van der Waals surface area (Å²) in [5.41, 5.74) is 5.51. The van der Waals surface area contributed by atoms with E-state index in [9.17, 15) is 18.6 Å². The summed E-state index contributed by atoms with van der Waals surface area (Å²) in [6.45, 7) is 0. The van der Waals surface area contributed by atoms with Gasteiger partial charge in [0.15, 0.2) is 11.5 Å². The van der Waals surface area contributed by atoms with Crippen molar-refractivity contribution in [3.05, 3.63) is 53.2 Å². The molecule has 12 heteroatoms. The molecule has 0 bridgehead atoms. The molecule has 0 spiro atoms. The molecule has 0 saturated heterocycles. The van der Waals surface area contributed by atoms with Gasteiger partial charge in [0.2, 0.25) is 21.9 Å². The molecule has 0 atom stereocenters. The first-order chi connectivity index (χ1) is 14.9. The van der Waals surface area contributed by atoms with Crippen LogP contribution in [0.3, 0.4) is 0 Å². The first-order valence-electron chi connectivity index (χ1n) is 9.10. The molecule has 1 aromatic heterocycles. The third-order valence-corrected chi connectivity index (χ3v) is 5.99. The highest BCUT2D eigenvalue weighted by atomic mass is 32.3. The van der Waals surface area contributed by atoms with Crippen molar-refractivity contribution in [2.24, 2.45) is 4.99 Å². The van der Waals surface area contributed by atoms with Crippen LogP contribution in [-0.2, 0) is 14.8 Å². The molecule has 0 amide bonds. The van der Waals surface area contributed by atoms with Crippen molar-refractivity contribution >= 4 is 37.6 Å². The first-order valence-corrected chi connectivity index (χ1v) is 13.9. The normalized spacial score (nSPS) is 14.4. The summed E-state index contributed by atoms with van der Waals surface area (Å²) in [5, 5.41) is 31.0. The molecule has 0 unspecified atom stereocenters. The number of nitrogens with zero attached hydrogens (tertiary/aromatic N) is 5. The maximum atomic E-state index is 12.7. The zero-order chi connectivity index (χ0) is 23.7. The van der Waals surface area contributed by atoms with Crippen molar-refractivity contribution in [3.63, 3.8) is 0 Å². The topological polar surface area (TPSA) is 130 Å². The molecule has 1 aromatic carbocycles. The fraction of sp³-hybridized carbons (Fsp3) is 0.250. The highest BCUT2D eigenvalue weighted by Gasteiger charge is 2.29. The molecule has 0 aliphatic carbocycles. The second kappa shape index (κ2) is 8.60. The van der Waals surface area contributed by atoms with Gasteiger partial charge in [0.25, 0.3) is 0 Å². The molecular weight excluding hydrogens is 454 g/mol. The lowest BCUT2D eigenvalue weighted by Gasteiger charge is -2.23. The van der Waals surface area contributed by atoms with E-state index in [0.717, 1.165) is 10.6 Å². The summed E-state index contributed by atoms with van der Waals surface area (Å²) in [4.78, 5) is 4.25. The second-order valence-corrected chi connectivity index (χ2v) is 13.5. The van der Waals surface area contributed by atoms with Gasteiger partial charge in [0.05, 0.1) is 19.4 Å². The lowest BCUT2D eigenvalue weighted by molar-refractivity contribution is 0.407. The number of hydrogen-bond donors (Lipinski definition) is 2. The highest BCUT2D eigenvalue weighted by molar-refractivity contribution is 8.34. The molecular formula is C20H23N5O5S2. The Morgan fingerprint density at radius 2 is 1.78 bits per heavy atom. The Kier molecular flexibility index (Phi) is 6.25. The van der Waals surface area contributed by atoms with Crippen LogP contribution >= 0.6 is 10.0 Å². The molecule has 3 rings (SSSR count). The first kappa shape index (κ1) is 23.2. The number of rotatable bonds is 6. The predicted molar refractivity (Wildman–Crippen MR) is 126 cm³/mol. The van der Waals surface area contributed by atoms with E-state index >= 15 is 0 Å². The van der Waals surface area contributed by atoms with E-state index in [0.29, 0.717) is 0 Å². The van der Waals surface area contributed by atoms with E-state index in [1.165, 1.54) is 42.2 Å². The van der Waals surface area contributed by atoms with Crippen molar-refractivity contribution in [1.29, 1.82) is 0 Å². The highest BCUT2D eigenvalue weighted by Crippen LogP contribution is 2.39. The van der Waals surface area contributed by atoms with Gasteiger partial charge in [-0.3, -0.25) is 4.57 Å². The number of methoxy groups -OCH3 is 1. The fourth-order valence-corrected chi connectivity index (χ4v) is 3.90. The molecule has 0 saturated carbocycles. The Morgan fingerprint density at radius 3 is 2.34 bits per heavy atom. The third-order valence-electron chi connectivity index (χ3n) is 4.05. The van der Waals surface area contributed by atoms with Gasteiger partial charge in [-0.2, -0.15) is 0 Å². The minimum atomic E-state index is -3.87. The van der Waals surface area contributed by atoms with Crippen LogP contribution in [-0.4, -0.2) is 71.4 Å². The summed E-state index contributed by atoms with van der Waals surface area (Å²) < 4.78 is 32.6. The van der Waals surface area contributed by atoms with E-state index < -0.39 is 20.1 Å². The van der Waals surface area contributed by atoms with Crippen LogP contribution in [0.2, 0.25) is 0 Å². The van der Waals surface area contributed by atoms with Crippen molar-refractivity contribution in [2.75, 3.05) is 36.4 Å². The fourth-order valence-electron chi connectivity index (χ4n) is 2.64. The summed E-state index contributed by atoms with van der Waals surface area (Å²) >= 11 is 0. The maximum absolute atomic E-state index is 12.7. The molecule has 170 valence electrons. The molecule has 2 N–H and O–H groups in total. The van der Waals surface area contributed by atoms with Gasteiger partial charge < -0.3 is 14.9 Å². The van der Waals surface area contributed by atoms with Crippen molar-refractivity contribution in [2.45, 2.75) is 0 Å². The number of para-hydroxylation sites is 1. The minimum Gasteiger partial charge on any atom is -0.506 e. The van der Waals surface area contributed by atoms with E-state index in [2.05, 4.69) is 26.7 Å². The molecule has 2 aromatic rings. The molecule has 10 nitrogen and oxygen atoms in total. The van der Waals surface area contributed by atoms with Gasteiger partial charge in [0.1, 0.15) is 17.2 Å². The van der Waals surface area contributed by atoms with Gasteiger partial charge in [-0.05, 0) is 42.0 Å². The van der Waals surface area contributed by atoms with Crippen LogP contribution in [0.1, 0.15) is 5.82 Å². The molecule has 1 aliphatic rings. The smallest absolute Gasteiger partial charge is 0.250 e. The number of aromatic hydroxyl groups is 2. The van der Waals surface area contributed by atoms with Gasteiger partial charge in [0, 0.05) is 6.20 Å². The molecule has 0 fully saturated rings. The average Bonchev–Trinajstić information content (AvgIpc) is 3.10. The summed E-state index contributed by atoms with van der Waals surface area (Å²) in [6.07, 6.45) is 9.82. The molecule has 1 aliphatic heterocycles. The Morgan fingerprint density at radius 1 is 1.12 bits per heavy atom. The Labute approximate surface area is 187 Å². The van der Waals surface area contributed by atoms with E-state index in [1.807, 2.05) is 18.8 Å². The van der Waals surface area contributed by atoms with Crippen molar-refractivity contribution in [3.8, 4) is 17.2 Å². The molecule has 32 heavy (non-hydrogen) atoms. The number of phenols is 2. The predicted octanol–water partition coefficient (Wildman–Crippen LogP) is 2.32. The monoisotopic (exact) mass is 477 g/mol. The second-order valence-electron chi connectivity index (χ2n) is 7.50. The van der Waals surface area contributed by atoms with E-state index in [4.69, 9.17) is 4.74 Å². The summed E-state index contributed by atoms with van der Waals surface area (Å²) in [5.74, 6) is -0.599. The van der Waals surface area contributed by atoms with Gasteiger partial charge in [-0.25, -0.2) is 27.7 Å². The minimum absolute atomic E-state index is 0.0112. The van der Waals surface area contributed by atoms with Crippen LogP contribution < -0.4 is 4.31 Å². The van der Waals surface area contributed by atoms with Crippen molar-refractivity contribution in [1.82, 2.24) is 14.8 Å². The zero-order valence-electron chi connectivity index (χ0n) is 18.1. The largest absolute Gasteiger partial charge is 0.506 e. The zero-order valence-corrected chi connectivity index (χ0v) is 19.8. The summed E-state index contributed by atoms with van der Waals surface area (Å²) in [6, 6.07) is 4.13. The Balaban J connectivity index is 2.37. The standard InChI is InChI=1S/C20H23N5O5S2/c1-30-17-11-6-8-14(21-17)19-22-23-20(24(32(5,28)29)12-13-31(2,3)4)25(19)18-15(26)9-7-10-16(18)27/h7,9-13,26-27H,1-5H3/b13-12+. The number of benzene rings is 1. The van der Waals surface area contributed by atoms with Crippen molar-refractivity contribution < 1.29 is 23.4 Å². The SMILES string of the molecule is COC1=NC(c2nnc(N(/C=C/S(C)(C)C)S(C)(=O)=O)n2-c2c(O)cccc2O)=C=C=C1. The average molecular weight is 478 g/mol. The van der Waals surface area contributed by atoms with Gasteiger partial charge >= 0.3 is 0 Å². The van der Waals surface area contributed by atoms with Crippen LogP contribution in [0.5, 0.6) is 11.5 Å². The Hall–Kier alpha value is -3.43. The Bertz CT molecular complexity index is 1300. The quantitative estimate of drug-likeness (QED) is 0.611. The number of aliphatic imine (C=N–C) groups is 1. The van der Waals surface area contributed by atoms with E-state index in [-0.39, 0.29) is 40.6 Å². The number of hydrogen-bond acceptors (Lipinski definition) is 8. The van der Waals surface area contributed by atoms with Gasteiger partial charge in [-0.15, -0.1) is 10.2 Å².